The monoisotopic (exact) mass is 391 g/mol. The highest BCUT2D eigenvalue weighted by atomic mass is 16.5. The lowest BCUT2D eigenvalue weighted by atomic mass is 9.86. The third-order valence-corrected chi connectivity index (χ3v) is 4.36. The Balaban J connectivity index is 2.43. The molecular formula is C23H37NO4. The van der Waals surface area contributed by atoms with Gasteiger partial charge in [-0.3, -0.25) is 0 Å². The summed E-state index contributed by atoms with van der Waals surface area (Å²) in [6.07, 6.45) is 7.72. The SMILES string of the molecule is CCCCCCCCOC(=O)c1cccc(C(=O)OCC(C)CC(C)(C)C)n1. The molecule has 0 radical (unpaired) electrons. The van der Waals surface area contributed by atoms with Crippen LogP contribution in [-0.2, 0) is 9.47 Å². The van der Waals surface area contributed by atoms with Gasteiger partial charge in [0.1, 0.15) is 11.4 Å². The predicted octanol–water partition coefficient (Wildman–Crippen LogP) is 5.83. The number of aromatic nitrogens is 1. The molecule has 1 rings (SSSR count). The molecule has 158 valence electrons. The van der Waals surface area contributed by atoms with Crippen molar-refractivity contribution in [2.24, 2.45) is 11.3 Å². The van der Waals surface area contributed by atoms with Crippen LogP contribution in [0.25, 0.3) is 0 Å². The third-order valence-electron chi connectivity index (χ3n) is 4.36. The fraction of sp³-hybridized carbons (Fsp3) is 0.696. The summed E-state index contributed by atoms with van der Waals surface area (Å²) in [5.41, 5.74) is 0.462. The molecule has 1 atom stereocenters. The van der Waals surface area contributed by atoms with E-state index < -0.39 is 11.9 Å². The van der Waals surface area contributed by atoms with E-state index in [1.165, 1.54) is 25.7 Å². The first-order valence-corrected chi connectivity index (χ1v) is 10.5. The molecular weight excluding hydrogens is 354 g/mol. The quantitative estimate of drug-likeness (QED) is 0.331. The van der Waals surface area contributed by atoms with E-state index in [1.807, 2.05) is 0 Å². The largest absolute Gasteiger partial charge is 0.461 e. The van der Waals surface area contributed by atoms with Crippen molar-refractivity contribution in [3.63, 3.8) is 0 Å². The Bertz CT molecular complexity index is 607. The average molecular weight is 392 g/mol. The molecule has 0 saturated carbocycles. The second-order valence-electron chi connectivity index (χ2n) is 8.78. The predicted molar refractivity (Wildman–Crippen MR) is 111 cm³/mol. The number of pyridine rings is 1. The molecule has 5 heteroatoms. The maximum atomic E-state index is 12.2. The van der Waals surface area contributed by atoms with E-state index >= 15 is 0 Å². The maximum Gasteiger partial charge on any atom is 0.356 e. The molecule has 0 N–H and O–H groups in total. The molecule has 0 spiro atoms. The van der Waals surface area contributed by atoms with Crippen molar-refractivity contribution in [1.29, 1.82) is 0 Å². The molecule has 28 heavy (non-hydrogen) atoms. The fourth-order valence-corrected chi connectivity index (χ4v) is 3.18. The molecule has 0 amide bonds. The lowest BCUT2D eigenvalue weighted by molar-refractivity contribution is 0.0412. The van der Waals surface area contributed by atoms with Crippen LogP contribution in [0.2, 0.25) is 0 Å². The van der Waals surface area contributed by atoms with Crippen molar-refractivity contribution in [3.8, 4) is 0 Å². The Hall–Kier alpha value is -1.91. The van der Waals surface area contributed by atoms with Crippen molar-refractivity contribution >= 4 is 11.9 Å². The highest BCUT2D eigenvalue weighted by Gasteiger charge is 2.18. The van der Waals surface area contributed by atoms with Crippen LogP contribution >= 0.6 is 0 Å². The van der Waals surface area contributed by atoms with E-state index in [0.29, 0.717) is 13.2 Å². The summed E-state index contributed by atoms with van der Waals surface area (Å²) in [4.78, 5) is 28.5. The summed E-state index contributed by atoms with van der Waals surface area (Å²) in [7, 11) is 0. The van der Waals surface area contributed by atoms with Gasteiger partial charge >= 0.3 is 11.9 Å². The van der Waals surface area contributed by atoms with Gasteiger partial charge < -0.3 is 9.47 Å². The average Bonchev–Trinajstić information content (AvgIpc) is 2.64. The van der Waals surface area contributed by atoms with Crippen LogP contribution in [0, 0.1) is 11.3 Å². The van der Waals surface area contributed by atoms with Gasteiger partial charge in [-0.25, -0.2) is 14.6 Å². The lowest BCUT2D eigenvalue weighted by Gasteiger charge is -2.22. The number of carbonyl (C=O) groups is 2. The van der Waals surface area contributed by atoms with E-state index in [4.69, 9.17) is 9.47 Å². The van der Waals surface area contributed by atoms with Crippen LogP contribution in [0.15, 0.2) is 18.2 Å². The Morgan fingerprint density at radius 2 is 1.54 bits per heavy atom. The summed E-state index contributed by atoms with van der Waals surface area (Å²) in [6.45, 7) is 11.4. The number of rotatable bonds is 12. The summed E-state index contributed by atoms with van der Waals surface area (Å²) >= 11 is 0. The lowest BCUT2D eigenvalue weighted by Crippen LogP contribution is -2.19. The number of hydrogen-bond donors (Lipinski definition) is 0. The minimum absolute atomic E-state index is 0.136. The second-order valence-corrected chi connectivity index (χ2v) is 8.78. The molecule has 0 saturated heterocycles. The van der Waals surface area contributed by atoms with Gasteiger partial charge in [0, 0.05) is 0 Å². The van der Waals surface area contributed by atoms with Crippen LogP contribution in [0.4, 0.5) is 0 Å². The van der Waals surface area contributed by atoms with Crippen molar-refractivity contribution in [1.82, 2.24) is 4.98 Å². The van der Waals surface area contributed by atoms with E-state index in [-0.39, 0.29) is 22.7 Å². The summed E-state index contributed by atoms with van der Waals surface area (Å²) < 4.78 is 10.6. The number of ether oxygens (including phenoxy) is 2. The van der Waals surface area contributed by atoms with E-state index in [2.05, 4.69) is 39.6 Å². The third kappa shape index (κ3) is 10.4. The van der Waals surface area contributed by atoms with Crippen LogP contribution in [0.5, 0.6) is 0 Å². The van der Waals surface area contributed by atoms with Gasteiger partial charge in [-0.05, 0) is 36.3 Å². The summed E-state index contributed by atoms with van der Waals surface area (Å²) in [5.74, 6) is -0.745. The zero-order valence-electron chi connectivity index (χ0n) is 18.3. The second kappa shape index (κ2) is 12.5. The van der Waals surface area contributed by atoms with Crippen molar-refractivity contribution in [2.45, 2.75) is 79.6 Å². The number of carbonyl (C=O) groups excluding carboxylic acids is 2. The zero-order valence-corrected chi connectivity index (χ0v) is 18.3. The minimum Gasteiger partial charge on any atom is -0.461 e. The Morgan fingerprint density at radius 3 is 2.14 bits per heavy atom. The highest BCUT2D eigenvalue weighted by Crippen LogP contribution is 2.24. The molecule has 0 aliphatic rings. The van der Waals surface area contributed by atoms with Gasteiger partial charge in [0.25, 0.3) is 0 Å². The van der Waals surface area contributed by atoms with Gasteiger partial charge in [-0.2, -0.15) is 0 Å². The smallest absolute Gasteiger partial charge is 0.356 e. The molecule has 0 aromatic carbocycles. The fourth-order valence-electron chi connectivity index (χ4n) is 3.18. The zero-order chi connectivity index (χ0) is 21.0. The first-order valence-electron chi connectivity index (χ1n) is 10.5. The number of hydrogen-bond acceptors (Lipinski definition) is 5. The van der Waals surface area contributed by atoms with Crippen molar-refractivity contribution in [2.75, 3.05) is 13.2 Å². The van der Waals surface area contributed by atoms with Gasteiger partial charge in [0.15, 0.2) is 0 Å². The molecule has 1 unspecified atom stereocenters. The van der Waals surface area contributed by atoms with E-state index in [1.54, 1.807) is 18.2 Å². The van der Waals surface area contributed by atoms with Gasteiger partial charge in [0.05, 0.1) is 13.2 Å². The molecule has 0 aliphatic carbocycles. The molecule has 1 aromatic heterocycles. The van der Waals surface area contributed by atoms with Crippen LogP contribution in [-0.4, -0.2) is 30.1 Å². The maximum absolute atomic E-state index is 12.2. The molecule has 0 aliphatic heterocycles. The molecule has 0 bridgehead atoms. The first-order chi connectivity index (χ1) is 13.2. The topological polar surface area (TPSA) is 65.5 Å². The Morgan fingerprint density at radius 1 is 0.964 bits per heavy atom. The molecule has 0 fully saturated rings. The highest BCUT2D eigenvalue weighted by molar-refractivity contribution is 5.91. The van der Waals surface area contributed by atoms with Crippen LogP contribution in [0.1, 0.15) is 101 Å². The minimum atomic E-state index is -0.508. The Labute approximate surface area is 170 Å². The Kier molecular flexibility index (Phi) is 10.8. The molecule has 5 nitrogen and oxygen atoms in total. The van der Waals surface area contributed by atoms with Gasteiger partial charge in [-0.15, -0.1) is 0 Å². The number of unbranched alkanes of at least 4 members (excludes halogenated alkanes) is 5. The van der Waals surface area contributed by atoms with E-state index in [9.17, 15) is 9.59 Å². The number of nitrogens with zero attached hydrogens (tertiary/aromatic N) is 1. The standard InChI is InChI=1S/C23H37NO4/c1-6-7-8-9-10-11-15-27-21(25)19-13-12-14-20(24-19)22(26)28-17-18(2)16-23(3,4)5/h12-14,18H,6-11,15-17H2,1-5H3. The number of esters is 2. The van der Waals surface area contributed by atoms with E-state index in [0.717, 1.165) is 19.3 Å². The van der Waals surface area contributed by atoms with Crippen molar-refractivity contribution < 1.29 is 19.1 Å². The van der Waals surface area contributed by atoms with Crippen molar-refractivity contribution in [3.05, 3.63) is 29.6 Å². The summed E-state index contributed by atoms with van der Waals surface area (Å²) in [6, 6.07) is 4.74. The molecule has 1 heterocycles. The first kappa shape index (κ1) is 24.1. The normalized spacial score (nSPS) is 12.5. The van der Waals surface area contributed by atoms with Crippen LogP contribution < -0.4 is 0 Å². The van der Waals surface area contributed by atoms with Gasteiger partial charge in [-0.1, -0.05) is 72.8 Å². The molecule has 1 aromatic rings. The van der Waals surface area contributed by atoms with Crippen LogP contribution in [0.3, 0.4) is 0 Å². The summed E-state index contributed by atoms with van der Waals surface area (Å²) in [5, 5.41) is 0. The van der Waals surface area contributed by atoms with Gasteiger partial charge in [0.2, 0.25) is 0 Å².